The van der Waals surface area contributed by atoms with Crippen LogP contribution in [0.1, 0.15) is 29.9 Å². The van der Waals surface area contributed by atoms with Gasteiger partial charge in [-0.05, 0) is 0 Å². The van der Waals surface area contributed by atoms with Crippen molar-refractivity contribution >= 4 is 17.8 Å². The summed E-state index contributed by atoms with van der Waals surface area (Å²) in [4.78, 5) is 26.4. The Kier molecular flexibility index (Phi) is 5.04. The van der Waals surface area contributed by atoms with E-state index in [0.717, 1.165) is 0 Å². The first kappa shape index (κ1) is 17.0. The second kappa shape index (κ2) is 7.40. The van der Waals surface area contributed by atoms with Crippen molar-refractivity contribution in [2.24, 2.45) is 10.2 Å². The lowest BCUT2D eigenvalue weighted by atomic mass is 10.0. The Labute approximate surface area is 145 Å². The zero-order chi connectivity index (χ0) is 17.7. The zero-order valence-electron chi connectivity index (χ0n) is 13.8. The summed E-state index contributed by atoms with van der Waals surface area (Å²) in [5.74, 6) is 2.56. The van der Waals surface area contributed by atoms with Crippen molar-refractivity contribution in [3.63, 3.8) is 0 Å². The maximum Gasteiger partial charge on any atom is 0.289 e. The van der Waals surface area contributed by atoms with Crippen LogP contribution < -0.4 is 16.0 Å². The van der Waals surface area contributed by atoms with Gasteiger partial charge < -0.3 is 20.7 Å². The van der Waals surface area contributed by atoms with Crippen molar-refractivity contribution in [2.75, 3.05) is 43.5 Å². The number of carbonyl (C=O) groups excluding carboxylic acids is 1. The highest BCUT2D eigenvalue weighted by Crippen LogP contribution is 2.36. The number of carbonyl (C=O) groups is 1. The predicted molar refractivity (Wildman–Crippen MR) is 89.9 cm³/mol. The Bertz CT molecular complexity index is 702. The number of amides is 1. The smallest absolute Gasteiger partial charge is 0.289 e. The van der Waals surface area contributed by atoms with Gasteiger partial charge in [-0.25, -0.2) is 0 Å². The third-order valence-electron chi connectivity index (χ3n) is 4.00. The minimum absolute atomic E-state index is 0.00339. The molecule has 2 aliphatic rings. The monoisotopic (exact) mass is 344 g/mol. The number of hydrogen-bond donors (Lipinski definition) is 2. The third kappa shape index (κ3) is 4.39. The molecule has 3 N–H and O–H groups in total. The van der Waals surface area contributed by atoms with E-state index in [0.29, 0.717) is 58.1 Å². The molecule has 2 aliphatic heterocycles. The van der Waals surface area contributed by atoms with E-state index in [1.807, 2.05) is 4.90 Å². The van der Waals surface area contributed by atoms with Crippen molar-refractivity contribution in [1.82, 2.24) is 20.3 Å². The standard InChI is InChI=1S/C15H20N8O2/c1-2-3-4-15(21-22-15)5-6-17-12(24)11-18-13(16)20-14(19-11)23-7-9-25-10-8-23/h1H,3-10H2,(H,17,24)(H2,16,18,19,20). The molecule has 10 heteroatoms. The molecule has 0 unspecified atom stereocenters. The molecule has 1 aromatic rings. The first-order chi connectivity index (χ1) is 12.1. The molecular formula is C15H20N8O2. The Balaban J connectivity index is 1.56. The molecule has 0 aliphatic carbocycles. The molecule has 1 saturated heterocycles. The third-order valence-corrected chi connectivity index (χ3v) is 4.00. The van der Waals surface area contributed by atoms with Gasteiger partial charge >= 0.3 is 0 Å². The number of ether oxygens (including phenoxy) is 1. The van der Waals surface area contributed by atoms with Gasteiger partial charge in [0.15, 0.2) is 5.66 Å². The normalized spacial score (nSPS) is 17.8. The van der Waals surface area contributed by atoms with Crippen molar-refractivity contribution in [1.29, 1.82) is 0 Å². The molecule has 0 bridgehead atoms. The maximum absolute atomic E-state index is 12.3. The van der Waals surface area contributed by atoms with E-state index in [-0.39, 0.29) is 11.8 Å². The second-order valence-electron chi connectivity index (χ2n) is 5.81. The minimum atomic E-state index is -0.434. The van der Waals surface area contributed by atoms with Crippen LogP contribution in [0, 0.1) is 12.3 Å². The van der Waals surface area contributed by atoms with Crippen LogP contribution in [0.25, 0.3) is 0 Å². The largest absolute Gasteiger partial charge is 0.378 e. The number of terminal acetylenes is 1. The summed E-state index contributed by atoms with van der Waals surface area (Å²) < 4.78 is 5.29. The molecule has 0 radical (unpaired) electrons. The molecule has 1 fully saturated rings. The molecule has 10 nitrogen and oxygen atoms in total. The van der Waals surface area contributed by atoms with Crippen molar-refractivity contribution in [3.05, 3.63) is 5.82 Å². The number of hydrogen-bond acceptors (Lipinski definition) is 9. The molecule has 3 rings (SSSR count). The van der Waals surface area contributed by atoms with Gasteiger partial charge in [-0.1, -0.05) is 0 Å². The lowest BCUT2D eigenvalue weighted by Gasteiger charge is -2.26. The van der Waals surface area contributed by atoms with E-state index in [4.69, 9.17) is 16.9 Å². The molecule has 3 heterocycles. The Morgan fingerprint density at radius 1 is 1.28 bits per heavy atom. The van der Waals surface area contributed by atoms with E-state index < -0.39 is 11.6 Å². The van der Waals surface area contributed by atoms with E-state index in [9.17, 15) is 4.79 Å². The van der Waals surface area contributed by atoms with Gasteiger partial charge in [0.1, 0.15) is 0 Å². The van der Waals surface area contributed by atoms with Gasteiger partial charge in [0.05, 0.1) is 13.2 Å². The van der Waals surface area contributed by atoms with Gasteiger partial charge in [0.2, 0.25) is 17.7 Å². The summed E-state index contributed by atoms with van der Waals surface area (Å²) in [6.45, 7) is 2.85. The van der Waals surface area contributed by atoms with E-state index >= 15 is 0 Å². The molecule has 25 heavy (non-hydrogen) atoms. The van der Waals surface area contributed by atoms with Crippen LogP contribution in [0.2, 0.25) is 0 Å². The van der Waals surface area contributed by atoms with Crippen molar-refractivity contribution in [3.8, 4) is 12.3 Å². The van der Waals surface area contributed by atoms with E-state index in [1.54, 1.807) is 0 Å². The topological polar surface area (TPSA) is 131 Å². The first-order valence-electron chi connectivity index (χ1n) is 8.12. The average molecular weight is 344 g/mol. The number of anilines is 2. The average Bonchev–Trinajstić information content (AvgIpc) is 3.40. The fourth-order valence-corrected chi connectivity index (χ4v) is 2.51. The van der Waals surface area contributed by atoms with Gasteiger partial charge in [-0.3, -0.25) is 4.79 Å². The van der Waals surface area contributed by atoms with Crippen LogP contribution in [0.3, 0.4) is 0 Å². The SMILES string of the molecule is C#CCCC1(CCNC(=O)c2nc(N)nc(N3CCOCC3)n2)N=N1. The highest BCUT2D eigenvalue weighted by Gasteiger charge is 2.38. The Morgan fingerprint density at radius 3 is 2.72 bits per heavy atom. The number of rotatable bonds is 7. The van der Waals surface area contributed by atoms with Crippen LogP contribution in [-0.2, 0) is 4.74 Å². The number of nitrogens with two attached hydrogens (primary N) is 1. The quantitative estimate of drug-likeness (QED) is 0.665. The zero-order valence-corrected chi connectivity index (χ0v) is 13.8. The first-order valence-corrected chi connectivity index (χ1v) is 8.12. The number of nitrogens with one attached hydrogen (secondary N) is 1. The summed E-state index contributed by atoms with van der Waals surface area (Å²) in [6.07, 6.45) is 7.15. The van der Waals surface area contributed by atoms with Gasteiger partial charge in [0, 0.05) is 38.9 Å². The molecule has 0 spiro atoms. The van der Waals surface area contributed by atoms with Crippen LogP contribution >= 0.6 is 0 Å². The fourth-order valence-electron chi connectivity index (χ4n) is 2.51. The Morgan fingerprint density at radius 2 is 2.04 bits per heavy atom. The van der Waals surface area contributed by atoms with Gasteiger partial charge in [0.25, 0.3) is 5.91 Å². The van der Waals surface area contributed by atoms with Crippen LogP contribution in [-0.4, -0.2) is 59.4 Å². The molecular weight excluding hydrogens is 324 g/mol. The molecule has 1 amide bonds. The summed E-state index contributed by atoms with van der Waals surface area (Å²) in [5.41, 5.74) is 5.28. The summed E-state index contributed by atoms with van der Waals surface area (Å²) in [7, 11) is 0. The Hall–Kier alpha value is -2.80. The molecule has 132 valence electrons. The van der Waals surface area contributed by atoms with Gasteiger partial charge in [-0.15, -0.1) is 12.3 Å². The van der Waals surface area contributed by atoms with Crippen LogP contribution in [0.5, 0.6) is 0 Å². The number of morpholine rings is 1. The molecule has 1 aromatic heterocycles. The molecule has 0 atom stereocenters. The van der Waals surface area contributed by atoms with Crippen LogP contribution in [0.15, 0.2) is 10.2 Å². The van der Waals surface area contributed by atoms with Crippen molar-refractivity contribution < 1.29 is 9.53 Å². The van der Waals surface area contributed by atoms with Crippen molar-refractivity contribution in [2.45, 2.75) is 24.9 Å². The maximum atomic E-state index is 12.3. The minimum Gasteiger partial charge on any atom is -0.378 e. The molecule has 0 saturated carbocycles. The summed E-state index contributed by atoms with van der Waals surface area (Å²) in [5, 5.41) is 10.8. The van der Waals surface area contributed by atoms with Crippen LogP contribution in [0.4, 0.5) is 11.9 Å². The number of nitrogens with zero attached hydrogens (tertiary/aromatic N) is 6. The molecule has 0 aromatic carbocycles. The highest BCUT2D eigenvalue weighted by atomic mass is 16.5. The fraction of sp³-hybridized carbons (Fsp3) is 0.600. The lowest BCUT2D eigenvalue weighted by Crippen LogP contribution is -2.38. The summed E-state index contributed by atoms with van der Waals surface area (Å²) >= 11 is 0. The predicted octanol–water partition coefficient (Wildman–Crippen LogP) is -0.0142. The van der Waals surface area contributed by atoms with E-state index in [2.05, 4.69) is 36.4 Å². The second-order valence-corrected chi connectivity index (χ2v) is 5.81. The summed E-state index contributed by atoms with van der Waals surface area (Å²) in [6, 6.07) is 0. The number of nitrogen functional groups attached to an aromatic ring is 1. The lowest BCUT2D eigenvalue weighted by molar-refractivity contribution is 0.0941. The van der Waals surface area contributed by atoms with Gasteiger partial charge in [-0.2, -0.15) is 25.2 Å². The highest BCUT2D eigenvalue weighted by molar-refractivity contribution is 5.90. The van der Waals surface area contributed by atoms with E-state index in [1.165, 1.54) is 0 Å². The number of aromatic nitrogens is 3.